The Labute approximate surface area is 94.2 Å². The largest absolute Gasteiger partial charge is 0.376 e. The van der Waals surface area contributed by atoms with Crippen LogP contribution in [0.5, 0.6) is 0 Å². The monoisotopic (exact) mass is 227 g/mol. The van der Waals surface area contributed by atoms with Crippen molar-refractivity contribution in [1.29, 1.82) is 0 Å². The molecule has 2 rings (SSSR count). The van der Waals surface area contributed by atoms with Gasteiger partial charge in [0.1, 0.15) is 5.82 Å². The highest BCUT2D eigenvalue weighted by molar-refractivity contribution is 7.09. The Morgan fingerprint density at radius 3 is 3.27 bits per heavy atom. The van der Waals surface area contributed by atoms with Crippen LogP contribution >= 0.6 is 11.5 Å². The average molecular weight is 227 g/mol. The highest BCUT2D eigenvalue weighted by Gasteiger charge is 2.15. The maximum absolute atomic E-state index is 5.52. The molecule has 0 amide bonds. The van der Waals surface area contributed by atoms with E-state index in [9.17, 15) is 0 Å². The summed E-state index contributed by atoms with van der Waals surface area (Å²) in [6, 6.07) is 0. The lowest BCUT2D eigenvalue weighted by atomic mass is 10.2. The second-order valence-electron chi connectivity index (χ2n) is 3.78. The smallest absolute Gasteiger partial charge is 0.202 e. The summed E-state index contributed by atoms with van der Waals surface area (Å²) in [7, 11) is 0. The molecule has 1 fully saturated rings. The maximum Gasteiger partial charge on any atom is 0.202 e. The molecular weight excluding hydrogens is 210 g/mol. The standard InChI is InChI=1S/C10H17N3OS/c1-2-4-9-12-10(15-13-9)11-7-8-5-3-6-14-8/h8H,2-7H2,1H3,(H,11,12,13). The zero-order valence-corrected chi connectivity index (χ0v) is 9.85. The van der Waals surface area contributed by atoms with Gasteiger partial charge < -0.3 is 10.1 Å². The lowest BCUT2D eigenvalue weighted by Crippen LogP contribution is -2.18. The molecule has 1 saturated heterocycles. The number of hydrogen-bond donors (Lipinski definition) is 1. The van der Waals surface area contributed by atoms with Crippen molar-refractivity contribution in [2.75, 3.05) is 18.5 Å². The number of aromatic nitrogens is 2. The van der Waals surface area contributed by atoms with E-state index >= 15 is 0 Å². The molecule has 1 N–H and O–H groups in total. The number of rotatable bonds is 5. The van der Waals surface area contributed by atoms with Crippen molar-refractivity contribution >= 4 is 16.7 Å². The summed E-state index contributed by atoms with van der Waals surface area (Å²) in [4.78, 5) is 4.40. The molecule has 15 heavy (non-hydrogen) atoms. The number of aryl methyl sites for hydroxylation is 1. The minimum absolute atomic E-state index is 0.364. The second-order valence-corrected chi connectivity index (χ2v) is 4.53. The molecule has 1 aliphatic heterocycles. The number of nitrogens with zero attached hydrogens (tertiary/aromatic N) is 2. The van der Waals surface area contributed by atoms with Crippen LogP contribution in [0.2, 0.25) is 0 Å². The SMILES string of the molecule is CCCc1nsc(NCC2CCCO2)n1. The van der Waals surface area contributed by atoms with E-state index in [1.807, 2.05) is 0 Å². The van der Waals surface area contributed by atoms with Crippen LogP contribution in [0.4, 0.5) is 5.13 Å². The van der Waals surface area contributed by atoms with Crippen molar-refractivity contribution in [2.24, 2.45) is 0 Å². The highest BCUT2D eigenvalue weighted by atomic mass is 32.1. The molecule has 5 heteroatoms. The summed E-state index contributed by atoms with van der Waals surface area (Å²) in [6.45, 7) is 3.91. The van der Waals surface area contributed by atoms with Gasteiger partial charge in [-0.15, -0.1) is 0 Å². The highest BCUT2D eigenvalue weighted by Crippen LogP contribution is 2.15. The fourth-order valence-electron chi connectivity index (χ4n) is 1.66. The summed E-state index contributed by atoms with van der Waals surface area (Å²) in [5, 5.41) is 4.21. The van der Waals surface area contributed by atoms with Crippen LogP contribution in [0.25, 0.3) is 0 Å². The van der Waals surface area contributed by atoms with E-state index in [2.05, 4.69) is 21.6 Å². The van der Waals surface area contributed by atoms with Gasteiger partial charge in [-0.3, -0.25) is 0 Å². The molecule has 1 aromatic heterocycles. The first-order chi connectivity index (χ1) is 7.38. The molecule has 0 aliphatic carbocycles. The summed E-state index contributed by atoms with van der Waals surface area (Å²) in [5.74, 6) is 0.956. The van der Waals surface area contributed by atoms with Gasteiger partial charge in [0, 0.05) is 31.1 Å². The lowest BCUT2D eigenvalue weighted by Gasteiger charge is -2.08. The van der Waals surface area contributed by atoms with Gasteiger partial charge >= 0.3 is 0 Å². The van der Waals surface area contributed by atoms with Crippen LogP contribution in [0, 0.1) is 0 Å². The van der Waals surface area contributed by atoms with E-state index in [1.165, 1.54) is 18.0 Å². The van der Waals surface area contributed by atoms with Gasteiger partial charge in [0.05, 0.1) is 6.10 Å². The van der Waals surface area contributed by atoms with Crippen LogP contribution in [0.3, 0.4) is 0 Å². The van der Waals surface area contributed by atoms with E-state index in [1.54, 1.807) is 0 Å². The maximum atomic E-state index is 5.52. The molecule has 1 atom stereocenters. The molecule has 0 radical (unpaired) electrons. The van der Waals surface area contributed by atoms with E-state index in [0.717, 1.165) is 43.4 Å². The Balaban J connectivity index is 1.77. The third kappa shape index (κ3) is 3.14. The lowest BCUT2D eigenvalue weighted by molar-refractivity contribution is 0.120. The summed E-state index contributed by atoms with van der Waals surface area (Å²) in [6.07, 6.45) is 4.78. The van der Waals surface area contributed by atoms with E-state index in [0.29, 0.717) is 6.10 Å². The van der Waals surface area contributed by atoms with Crippen LogP contribution in [-0.4, -0.2) is 28.6 Å². The molecule has 0 aromatic carbocycles. The van der Waals surface area contributed by atoms with Gasteiger partial charge in [0.15, 0.2) is 0 Å². The van der Waals surface area contributed by atoms with Gasteiger partial charge in [-0.25, -0.2) is 4.98 Å². The predicted molar refractivity (Wildman–Crippen MR) is 61.4 cm³/mol. The Bertz CT molecular complexity index is 297. The minimum atomic E-state index is 0.364. The molecule has 2 heterocycles. The minimum Gasteiger partial charge on any atom is -0.376 e. The van der Waals surface area contributed by atoms with Crippen molar-refractivity contribution in [3.05, 3.63) is 5.82 Å². The number of hydrogen-bond acceptors (Lipinski definition) is 5. The normalized spacial score (nSPS) is 20.7. The van der Waals surface area contributed by atoms with Crippen molar-refractivity contribution in [3.8, 4) is 0 Å². The van der Waals surface area contributed by atoms with Gasteiger partial charge in [0.2, 0.25) is 5.13 Å². The van der Waals surface area contributed by atoms with Gasteiger partial charge in [-0.1, -0.05) is 6.92 Å². The first kappa shape index (κ1) is 10.8. The zero-order valence-electron chi connectivity index (χ0n) is 9.03. The topological polar surface area (TPSA) is 47.0 Å². The Kier molecular flexibility index (Phi) is 3.91. The van der Waals surface area contributed by atoms with Crippen LogP contribution in [0.1, 0.15) is 32.0 Å². The first-order valence-electron chi connectivity index (χ1n) is 5.56. The third-order valence-electron chi connectivity index (χ3n) is 2.45. The predicted octanol–water partition coefficient (Wildman–Crippen LogP) is 2.08. The van der Waals surface area contributed by atoms with Crippen molar-refractivity contribution in [3.63, 3.8) is 0 Å². The van der Waals surface area contributed by atoms with Crippen molar-refractivity contribution < 1.29 is 4.74 Å². The molecule has 0 spiro atoms. The Morgan fingerprint density at radius 1 is 1.60 bits per heavy atom. The molecule has 0 saturated carbocycles. The first-order valence-corrected chi connectivity index (χ1v) is 6.34. The van der Waals surface area contributed by atoms with Crippen LogP contribution < -0.4 is 5.32 Å². The number of ether oxygens (including phenoxy) is 1. The Hall–Kier alpha value is -0.680. The van der Waals surface area contributed by atoms with Crippen molar-refractivity contribution in [2.45, 2.75) is 38.7 Å². The quantitative estimate of drug-likeness (QED) is 0.836. The summed E-state index contributed by atoms with van der Waals surface area (Å²) < 4.78 is 9.80. The molecule has 1 aromatic rings. The fraction of sp³-hybridized carbons (Fsp3) is 0.800. The van der Waals surface area contributed by atoms with E-state index in [4.69, 9.17) is 4.74 Å². The molecule has 1 aliphatic rings. The van der Waals surface area contributed by atoms with Gasteiger partial charge in [-0.2, -0.15) is 4.37 Å². The summed E-state index contributed by atoms with van der Waals surface area (Å²) in [5.41, 5.74) is 0. The zero-order chi connectivity index (χ0) is 10.5. The fourth-order valence-corrected chi connectivity index (χ4v) is 2.28. The number of nitrogens with one attached hydrogen (secondary N) is 1. The summed E-state index contributed by atoms with van der Waals surface area (Å²) >= 11 is 1.45. The van der Waals surface area contributed by atoms with Gasteiger partial charge in [0.25, 0.3) is 0 Å². The number of anilines is 1. The molecular formula is C10H17N3OS. The molecule has 0 bridgehead atoms. The van der Waals surface area contributed by atoms with Crippen LogP contribution in [0.15, 0.2) is 0 Å². The van der Waals surface area contributed by atoms with E-state index in [-0.39, 0.29) is 0 Å². The Morgan fingerprint density at radius 2 is 2.53 bits per heavy atom. The van der Waals surface area contributed by atoms with Crippen molar-refractivity contribution in [1.82, 2.24) is 9.36 Å². The van der Waals surface area contributed by atoms with E-state index < -0.39 is 0 Å². The average Bonchev–Trinajstić information content (AvgIpc) is 2.85. The second kappa shape index (κ2) is 5.42. The molecule has 1 unspecified atom stereocenters. The molecule has 4 nitrogen and oxygen atoms in total. The van der Waals surface area contributed by atoms with Crippen LogP contribution in [-0.2, 0) is 11.2 Å². The molecule has 84 valence electrons. The van der Waals surface area contributed by atoms with Gasteiger partial charge in [-0.05, 0) is 19.3 Å². The third-order valence-corrected chi connectivity index (χ3v) is 3.16.